The van der Waals surface area contributed by atoms with E-state index in [9.17, 15) is 9.18 Å². The minimum atomic E-state index is -0.892. The molecule has 4 aromatic rings. The average molecular weight is 438 g/mol. The molecular formula is C23H19FN2O6. The summed E-state index contributed by atoms with van der Waals surface area (Å²) in [7, 11) is 4.61. The Balaban J connectivity index is 1.67. The van der Waals surface area contributed by atoms with Crippen molar-refractivity contribution in [3.8, 4) is 45.9 Å². The third-order valence-electron chi connectivity index (χ3n) is 4.68. The summed E-state index contributed by atoms with van der Waals surface area (Å²) in [6, 6.07) is 16.2. The summed E-state index contributed by atoms with van der Waals surface area (Å²) < 4.78 is 41.6. The molecule has 32 heavy (non-hydrogen) atoms. The molecule has 4 rings (SSSR count). The maximum Gasteiger partial charge on any atom is 0.444 e. The Morgan fingerprint density at radius 1 is 0.812 bits per heavy atom. The van der Waals surface area contributed by atoms with Crippen LogP contribution in [0.3, 0.4) is 0 Å². The van der Waals surface area contributed by atoms with E-state index in [1.54, 1.807) is 55.6 Å². The molecule has 8 nitrogen and oxygen atoms in total. The van der Waals surface area contributed by atoms with Crippen LogP contribution in [0.25, 0.3) is 16.8 Å². The fourth-order valence-electron chi connectivity index (χ4n) is 3.07. The van der Waals surface area contributed by atoms with Gasteiger partial charge in [-0.2, -0.15) is 4.68 Å². The van der Waals surface area contributed by atoms with E-state index in [2.05, 4.69) is 5.10 Å². The van der Waals surface area contributed by atoms with E-state index >= 15 is 0 Å². The Labute approximate surface area is 182 Å². The van der Waals surface area contributed by atoms with Gasteiger partial charge in [0.25, 0.3) is 0 Å². The van der Waals surface area contributed by atoms with Gasteiger partial charge in [0.15, 0.2) is 11.5 Å². The first kappa shape index (κ1) is 21.0. The molecule has 9 heteroatoms. The Hall–Kier alpha value is -4.27. The summed E-state index contributed by atoms with van der Waals surface area (Å²) in [4.78, 5) is 12.3. The molecule has 0 spiro atoms. The van der Waals surface area contributed by atoms with E-state index in [1.807, 2.05) is 0 Å². The first-order valence-corrected chi connectivity index (χ1v) is 9.46. The van der Waals surface area contributed by atoms with Crippen LogP contribution in [-0.2, 0) is 0 Å². The van der Waals surface area contributed by atoms with E-state index in [0.717, 1.165) is 10.2 Å². The second-order valence-corrected chi connectivity index (χ2v) is 6.56. The first-order chi connectivity index (χ1) is 15.5. The van der Waals surface area contributed by atoms with Crippen LogP contribution in [0.1, 0.15) is 0 Å². The van der Waals surface area contributed by atoms with Crippen molar-refractivity contribution >= 4 is 0 Å². The maximum absolute atomic E-state index is 14.6. The maximum atomic E-state index is 14.6. The van der Waals surface area contributed by atoms with Crippen molar-refractivity contribution in [2.75, 3.05) is 21.3 Å². The van der Waals surface area contributed by atoms with Gasteiger partial charge < -0.3 is 23.4 Å². The summed E-state index contributed by atoms with van der Waals surface area (Å²) in [6.07, 6.45) is -0.323. The molecule has 0 N–H and O–H groups in total. The van der Waals surface area contributed by atoms with Crippen LogP contribution in [-0.4, -0.2) is 31.1 Å². The van der Waals surface area contributed by atoms with Gasteiger partial charge in [0.05, 0.1) is 21.3 Å². The SMILES string of the molecule is COc1ccc(Oc2nn(-c3cc(-c4ccc(OC)c(OC)c4)ccc3F)c(=O)o2)cc1. The first-order valence-electron chi connectivity index (χ1n) is 9.46. The summed E-state index contributed by atoms with van der Waals surface area (Å²) in [5.74, 6) is 0.547. The zero-order valence-electron chi connectivity index (χ0n) is 17.5. The Morgan fingerprint density at radius 2 is 1.47 bits per heavy atom. The van der Waals surface area contributed by atoms with Crippen LogP contribution < -0.4 is 24.7 Å². The second kappa shape index (κ2) is 8.84. The molecule has 164 valence electrons. The molecule has 1 heterocycles. The van der Waals surface area contributed by atoms with E-state index in [-0.39, 0.29) is 11.8 Å². The topological polar surface area (TPSA) is 85.0 Å². The zero-order chi connectivity index (χ0) is 22.7. The molecule has 0 atom stereocenters. The van der Waals surface area contributed by atoms with Crippen LogP contribution >= 0.6 is 0 Å². The zero-order valence-corrected chi connectivity index (χ0v) is 17.5. The van der Waals surface area contributed by atoms with Gasteiger partial charge in [-0.15, -0.1) is 0 Å². The summed E-state index contributed by atoms with van der Waals surface area (Å²) in [5, 5.41) is 3.97. The molecule has 0 unspecified atom stereocenters. The van der Waals surface area contributed by atoms with Gasteiger partial charge in [0.2, 0.25) is 0 Å². The van der Waals surface area contributed by atoms with Gasteiger partial charge >= 0.3 is 11.8 Å². The van der Waals surface area contributed by atoms with E-state index in [0.29, 0.717) is 28.6 Å². The highest BCUT2D eigenvalue weighted by atomic mass is 19.1. The standard InChI is InChI=1S/C23H19FN2O6/c1-28-16-6-8-17(9-7-16)31-22-25-26(23(27)32-22)19-12-14(4-10-18(19)24)15-5-11-20(29-2)21(13-15)30-3/h4-13H,1-3H3. The number of ether oxygens (including phenoxy) is 4. The van der Waals surface area contributed by atoms with Gasteiger partial charge in [0, 0.05) is 0 Å². The monoisotopic (exact) mass is 438 g/mol. The van der Waals surface area contributed by atoms with Crippen molar-refractivity contribution in [1.82, 2.24) is 9.78 Å². The highest BCUT2D eigenvalue weighted by Gasteiger charge is 2.17. The number of nitrogens with zero attached hydrogens (tertiary/aromatic N) is 2. The van der Waals surface area contributed by atoms with E-state index in [4.69, 9.17) is 23.4 Å². The number of hydrogen-bond donors (Lipinski definition) is 0. The van der Waals surface area contributed by atoms with Crippen molar-refractivity contribution in [3.05, 3.63) is 77.0 Å². The molecule has 3 aromatic carbocycles. The molecule has 0 aliphatic rings. The van der Waals surface area contributed by atoms with Crippen molar-refractivity contribution in [1.29, 1.82) is 0 Å². The van der Waals surface area contributed by atoms with Crippen LogP contribution in [0.2, 0.25) is 0 Å². The molecule has 0 fully saturated rings. The number of halogens is 1. The minimum Gasteiger partial charge on any atom is -0.497 e. The fourth-order valence-corrected chi connectivity index (χ4v) is 3.07. The molecule has 0 radical (unpaired) electrons. The smallest absolute Gasteiger partial charge is 0.444 e. The van der Waals surface area contributed by atoms with Gasteiger partial charge in [-0.05, 0) is 59.7 Å². The predicted molar refractivity (Wildman–Crippen MR) is 114 cm³/mol. The number of aromatic nitrogens is 2. The largest absolute Gasteiger partial charge is 0.497 e. The van der Waals surface area contributed by atoms with Crippen molar-refractivity contribution in [2.24, 2.45) is 0 Å². The minimum absolute atomic E-state index is 0.0874. The van der Waals surface area contributed by atoms with Crippen LogP contribution in [0.5, 0.6) is 29.1 Å². The molecular weight excluding hydrogens is 419 g/mol. The Kier molecular flexibility index (Phi) is 5.80. The van der Waals surface area contributed by atoms with E-state index in [1.165, 1.54) is 26.4 Å². The van der Waals surface area contributed by atoms with Crippen molar-refractivity contribution < 1.29 is 27.8 Å². The van der Waals surface area contributed by atoms with Gasteiger partial charge in [-0.3, -0.25) is 0 Å². The normalized spacial score (nSPS) is 10.6. The van der Waals surface area contributed by atoms with Gasteiger partial charge in [0.1, 0.15) is 23.0 Å². The summed E-state index contributed by atoms with van der Waals surface area (Å²) in [6.45, 7) is 0. The lowest BCUT2D eigenvalue weighted by atomic mass is 10.0. The molecule has 0 amide bonds. The summed E-state index contributed by atoms with van der Waals surface area (Å²) >= 11 is 0. The lowest BCUT2D eigenvalue weighted by Gasteiger charge is -2.10. The molecule has 0 aliphatic carbocycles. The third-order valence-corrected chi connectivity index (χ3v) is 4.68. The van der Waals surface area contributed by atoms with Crippen LogP contribution in [0.15, 0.2) is 69.9 Å². The molecule has 0 bridgehead atoms. The van der Waals surface area contributed by atoms with Gasteiger partial charge in [-0.25, -0.2) is 9.18 Å². The quantitative estimate of drug-likeness (QED) is 0.421. The molecule has 0 aliphatic heterocycles. The second-order valence-electron chi connectivity index (χ2n) is 6.56. The predicted octanol–water partition coefficient (Wildman–Crippen LogP) is 4.45. The third kappa shape index (κ3) is 4.13. The van der Waals surface area contributed by atoms with Crippen LogP contribution in [0.4, 0.5) is 4.39 Å². The number of benzene rings is 3. The van der Waals surface area contributed by atoms with Crippen molar-refractivity contribution in [3.63, 3.8) is 0 Å². The highest BCUT2D eigenvalue weighted by Crippen LogP contribution is 2.33. The lowest BCUT2D eigenvalue weighted by Crippen LogP contribution is -2.15. The van der Waals surface area contributed by atoms with Crippen LogP contribution in [0, 0.1) is 5.82 Å². The molecule has 0 saturated heterocycles. The lowest BCUT2D eigenvalue weighted by molar-refractivity contribution is 0.319. The van der Waals surface area contributed by atoms with E-state index < -0.39 is 11.6 Å². The average Bonchev–Trinajstić information content (AvgIpc) is 3.18. The molecule has 0 saturated carbocycles. The number of rotatable bonds is 7. The van der Waals surface area contributed by atoms with Gasteiger partial charge in [-0.1, -0.05) is 17.2 Å². The summed E-state index contributed by atoms with van der Waals surface area (Å²) in [5.41, 5.74) is 1.28. The Morgan fingerprint density at radius 3 is 2.16 bits per heavy atom. The highest BCUT2D eigenvalue weighted by molar-refractivity contribution is 5.69. The fraction of sp³-hybridized carbons (Fsp3) is 0.130. The Bertz CT molecular complexity index is 1300. The number of hydrogen-bond acceptors (Lipinski definition) is 7. The van der Waals surface area contributed by atoms with Crippen molar-refractivity contribution in [2.45, 2.75) is 0 Å². The number of methoxy groups -OCH3 is 3. The molecule has 1 aromatic heterocycles.